The van der Waals surface area contributed by atoms with Gasteiger partial charge in [0.15, 0.2) is 0 Å². The molecule has 5 nitrogen and oxygen atoms in total. The van der Waals surface area contributed by atoms with Crippen molar-refractivity contribution in [3.8, 4) is 11.3 Å². The van der Waals surface area contributed by atoms with Gasteiger partial charge < -0.3 is 10.4 Å². The molecule has 3 heterocycles. The highest BCUT2D eigenvalue weighted by Gasteiger charge is 2.12. The van der Waals surface area contributed by atoms with Crippen molar-refractivity contribution in [2.24, 2.45) is 0 Å². The van der Waals surface area contributed by atoms with E-state index in [-0.39, 0.29) is 0 Å². The van der Waals surface area contributed by atoms with E-state index in [2.05, 4.69) is 27.2 Å². The molecule has 0 radical (unpaired) electrons. The van der Waals surface area contributed by atoms with E-state index in [1.54, 1.807) is 6.20 Å². The molecular formula is C19H22N4O. The molecule has 1 atom stereocenters. The number of rotatable bonds is 5. The number of anilines is 1. The molecule has 0 aromatic carbocycles. The van der Waals surface area contributed by atoms with Gasteiger partial charge in [0.2, 0.25) is 0 Å². The summed E-state index contributed by atoms with van der Waals surface area (Å²) in [7, 11) is 1.85. The molecular weight excluding hydrogens is 300 g/mol. The first kappa shape index (κ1) is 16.3. The van der Waals surface area contributed by atoms with Crippen molar-refractivity contribution in [2.75, 3.05) is 12.4 Å². The zero-order valence-electron chi connectivity index (χ0n) is 14.2. The molecule has 2 N–H and O–H groups in total. The molecule has 0 fully saturated rings. The van der Waals surface area contributed by atoms with E-state index in [1.165, 1.54) is 0 Å². The zero-order valence-corrected chi connectivity index (χ0v) is 14.2. The second-order valence-corrected chi connectivity index (χ2v) is 5.96. The van der Waals surface area contributed by atoms with Gasteiger partial charge in [-0.3, -0.25) is 9.97 Å². The summed E-state index contributed by atoms with van der Waals surface area (Å²) in [5.41, 5.74) is 3.62. The van der Waals surface area contributed by atoms with Crippen LogP contribution in [0.2, 0.25) is 0 Å². The Hall–Kier alpha value is -2.53. The summed E-state index contributed by atoms with van der Waals surface area (Å²) in [5, 5.41) is 15.2. The number of aliphatic hydroxyl groups is 1. The van der Waals surface area contributed by atoms with Crippen molar-refractivity contribution in [1.82, 2.24) is 15.0 Å². The Morgan fingerprint density at radius 3 is 2.50 bits per heavy atom. The SMILES string of the molecule is CCC[C@@H](O)c1cc(C)c(-c2cc3cnc(NC)cc3cn2)cn1. The lowest BCUT2D eigenvalue weighted by Gasteiger charge is -2.12. The monoisotopic (exact) mass is 322 g/mol. The third kappa shape index (κ3) is 3.21. The molecule has 0 aliphatic rings. The van der Waals surface area contributed by atoms with Gasteiger partial charge in [-0.1, -0.05) is 13.3 Å². The van der Waals surface area contributed by atoms with E-state index in [9.17, 15) is 5.11 Å². The first-order valence-corrected chi connectivity index (χ1v) is 8.21. The minimum Gasteiger partial charge on any atom is -0.387 e. The normalized spacial score (nSPS) is 12.3. The number of aliphatic hydroxyl groups excluding tert-OH is 1. The van der Waals surface area contributed by atoms with E-state index in [1.807, 2.05) is 44.6 Å². The molecule has 0 saturated heterocycles. The Labute approximate surface area is 141 Å². The van der Waals surface area contributed by atoms with E-state index in [0.717, 1.165) is 51.9 Å². The average Bonchev–Trinajstić information content (AvgIpc) is 2.61. The van der Waals surface area contributed by atoms with E-state index >= 15 is 0 Å². The molecule has 0 unspecified atom stereocenters. The van der Waals surface area contributed by atoms with Gasteiger partial charge in [-0.05, 0) is 37.1 Å². The third-order valence-electron chi connectivity index (χ3n) is 4.17. The molecule has 0 amide bonds. The van der Waals surface area contributed by atoms with Crippen molar-refractivity contribution >= 4 is 16.6 Å². The molecule has 124 valence electrons. The Balaban J connectivity index is 1.97. The van der Waals surface area contributed by atoms with Crippen LogP contribution >= 0.6 is 0 Å². The number of pyridine rings is 3. The summed E-state index contributed by atoms with van der Waals surface area (Å²) in [6.07, 6.45) is 6.64. The predicted molar refractivity (Wildman–Crippen MR) is 96.9 cm³/mol. The van der Waals surface area contributed by atoms with E-state index in [4.69, 9.17) is 0 Å². The summed E-state index contributed by atoms with van der Waals surface area (Å²) in [6.45, 7) is 4.07. The lowest BCUT2D eigenvalue weighted by molar-refractivity contribution is 0.161. The van der Waals surface area contributed by atoms with Gasteiger partial charge in [0.05, 0.1) is 17.5 Å². The molecule has 0 saturated carbocycles. The number of nitrogens with zero attached hydrogens (tertiary/aromatic N) is 3. The van der Waals surface area contributed by atoms with Crippen LogP contribution in [0.3, 0.4) is 0 Å². The Bertz CT molecular complexity index is 863. The first-order chi connectivity index (χ1) is 11.6. The maximum Gasteiger partial charge on any atom is 0.126 e. The molecule has 3 aromatic rings. The molecule has 3 aromatic heterocycles. The molecule has 0 aliphatic heterocycles. The van der Waals surface area contributed by atoms with Gasteiger partial charge in [0.1, 0.15) is 5.82 Å². The van der Waals surface area contributed by atoms with Gasteiger partial charge in [0.25, 0.3) is 0 Å². The van der Waals surface area contributed by atoms with Gasteiger partial charge in [-0.15, -0.1) is 0 Å². The highest BCUT2D eigenvalue weighted by atomic mass is 16.3. The van der Waals surface area contributed by atoms with Crippen LogP contribution in [0.5, 0.6) is 0 Å². The fourth-order valence-electron chi connectivity index (χ4n) is 2.77. The Kier molecular flexibility index (Phi) is 4.71. The molecule has 0 aliphatic carbocycles. The summed E-state index contributed by atoms with van der Waals surface area (Å²) >= 11 is 0. The summed E-state index contributed by atoms with van der Waals surface area (Å²) < 4.78 is 0. The standard InChI is InChI=1S/C19H22N4O/c1-4-5-18(24)17-6-12(2)15(11-22-17)16-7-13-10-23-19(20-3)8-14(13)9-21-16/h6-11,18,24H,4-5H2,1-3H3,(H,20,23)/t18-/m1/s1. The number of fused-ring (bicyclic) bond motifs is 1. The minimum absolute atomic E-state index is 0.503. The van der Waals surface area contributed by atoms with Crippen LogP contribution in [0.25, 0.3) is 22.0 Å². The smallest absolute Gasteiger partial charge is 0.126 e. The topological polar surface area (TPSA) is 70.9 Å². The van der Waals surface area contributed by atoms with Crippen molar-refractivity contribution in [3.05, 3.63) is 48.0 Å². The lowest BCUT2D eigenvalue weighted by Crippen LogP contribution is -2.01. The molecule has 5 heteroatoms. The van der Waals surface area contributed by atoms with Gasteiger partial charge in [0, 0.05) is 42.0 Å². The van der Waals surface area contributed by atoms with Crippen LogP contribution in [0, 0.1) is 6.92 Å². The molecule has 24 heavy (non-hydrogen) atoms. The van der Waals surface area contributed by atoms with Gasteiger partial charge in [-0.25, -0.2) is 4.98 Å². The van der Waals surface area contributed by atoms with Crippen LogP contribution in [-0.4, -0.2) is 27.1 Å². The zero-order chi connectivity index (χ0) is 17.1. The fourth-order valence-corrected chi connectivity index (χ4v) is 2.77. The van der Waals surface area contributed by atoms with Crippen LogP contribution < -0.4 is 5.32 Å². The van der Waals surface area contributed by atoms with Crippen molar-refractivity contribution < 1.29 is 5.11 Å². The number of hydrogen-bond acceptors (Lipinski definition) is 5. The van der Waals surface area contributed by atoms with E-state index < -0.39 is 6.10 Å². The summed E-state index contributed by atoms with van der Waals surface area (Å²) in [4.78, 5) is 13.3. The summed E-state index contributed by atoms with van der Waals surface area (Å²) in [6, 6.07) is 5.94. The van der Waals surface area contributed by atoms with Crippen LogP contribution in [0.1, 0.15) is 37.1 Å². The predicted octanol–water partition coefficient (Wildman–Crippen LogP) is 3.88. The quantitative estimate of drug-likeness (QED) is 0.746. The van der Waals surface area contributed by atoms with E-state index in [0.29, 0.717) is 0 Å². The first-order valence-electron chi connectivity index (χ1n) is 8.21. The maximum atomic E-state index is 10.1. The number of aromatic nitrogens is 3. The molecule has 3 rings (SSSR count). The molecule has 0 spiro atoms. The third-order valence-corrected chi connectivity index (χ3v) is 4.17. The highest BCUT2D eigenvalue weighted by Crippen LogP contribution is 2.27. The maximum absolute atomic E-state index is 10.1. The second kappa shape index (κ2) is 6.93. The molecule has 0 bridgehead atoms. The van der Waals surface area contributed by atoms with Crippen LogP contribution in [-0.2, 0) is 0 Å². The van der Waals surface area contributed by atoms with Gasteiger partial charge >= 0.3 is 0 Å². The second-order valence-electron chi connectivity index (χ2n) is 5.96. The van der Waals surface area contributed by atoms with Crippen molar-refractivity contribution in [2.45, 2.75) is 32.8 Å². The average molecular weight is 322 g/mol. The minimum atomic E-state index is -0.503. The van der Waals surface area contributed by atoms with Crippen LogP contribution in [0.4, 0.5) is 5.82 Å². The van der Waals surface area contributed by atoms with Crippen molar-refractivity contribution in [3.63, 3.8) is 0 Å². The Morgan fingerprint density at radius 2 is 1.79 bits per heavy atom. The number of nitrogens with one attached hydrogen (secondary N) is 1. The number of hydrogen-bond donors (Lipinski definition) is 2. The largest absolute Gasteiger partial charge is 0.387 e. The van der Waals surface area contributed by atoms with Gasteiger partial charge in [-0.2, -0.15) is 0 Å². The lowest BCUT2D eigenvalue weighted by atomic mass is 10.0. The number of aryl methyl sites for hydroxylation is 1. The summed E-state index contributed by atoms with van der Waals surface area (Å²) in [5.74, 6) is 0.823. The van der Waals surface area contributed by atoms with Crippen molar-refractivity contribution in [1.29, 1.82) is 0 Å². The van der Waals surface area contributed by atoms with Crippen LogP contribution in [0.15, 0.2) is 36.8 Å². The Morgan fingerprint density at radius 1 is 1.04 bits per heavy atom. The fraction of sp³-hybridized carbons (Fsp3) is 0.316. The highest BCUT2D eigenvalue weighted by molar-refractivity contribution is 5.86.